The Labute approximate surface area is 107 Å². The number of anilines is 1. The van der Waals surface area contributed by atoms with Gasteiger partial charge in [0.05, 0.1) is 11.9 Å². The summed E-state index contributed by atoms with van der Waals surface area (Å²) in [5, 5.41) is 6.23. The summed E-state index contributed by atoms with van der Waals surface area (Å²) in [6.07, 6.45) is 1.42. The molecule has 2 aromatic rings. The summed E-state index contributed by atoms with van der Waals surface area (Å²) in [5.74, 6) is 0. The first-order valence-corrected chi connectivity index (χ1v) is 6.92. The molecule has 6 heteroatoms. The van der Waals surface area contributed by atoms with Crippen molar-refractivity contribution in [1.29, 1.82) is 0 Å². The maximum Gasteiger partial charge on any atom is 0.281 e. The highest BCUT2D eigenvalue weighted by molar-refractivity contribution is 7.92. The highest BCUT2D eigenvalue weighted by atomic mass is 32.2. The molecule has 0 spiro atoms. The van der Waals surface area contributed by atoms with Crippen LogP contribution in [0.5, 0.6) is 0 Å². The number of H-pyrrole nitrogens is 1. The summed E-state index contributed by atoms with van der Waals surface area (Å²) in [6, 6.07) is 7.11. The molecule has 0 saturated heterocycles. The van der Waals surface area contributed by atoms with Crippen LogP contribution >= 0.6 is 0 Å². The van der Waals surface area contributed by atoms with Gasteiger partial charge < -0.3 is 0 Å². The Bertz CT molecular complexity index is 628. The summed E-state index contributed by atoms with van der Waals surface area (Å²) >= 11 is 0. The summed E-state index contributed by atoms with van der Waals surface area (Å²) in [5.41, 5.74) is 2.69. The number of hydrogen-bond acceptors (Lipinski definition) is 3. The minimum atomic E-state index is -3.57. The number of aryl methyl sites for hydroxylation is 2. The number of hydrogen-bond donors (Lipinski definition) is 1. The highest BCUT2D eigenvalue weighted by Gasteiger charge is 2.22. The van der Waals surface area contributed by atoms with Gasteiger partial charge in [-0.1, -0.05) is 6.07 Å². The second-order valence-electron chi connectivity index (χ2n) is 4.24. The molecule has 0 aliphatic rings. The van der Waals surface area contributed by atoms with Gasteiger partial charge in [-0.25, -0.2) is 0 Å². The topological polar surface area (TPSA) is 66.1 Å². The van der Waals surface area contributed by atoms with E-state index in [2.05, 4.69) is 10.2 Å². The molecule has 0 amide bonds. The Hall–Kier alpha value is -1.82. The average Bonchev–Trinajstić information content (AvgIpc) is 2.80. The molecule has 0 bridgehead atoms. The highest BCUT2D eigenvalue weighted by Crippen LogP contribution is 2.22. The van der Waals surface area contributed by atoms with Crippen molar-refractivity contribution in [3.63, 3.8) is 0 Å². The fourth-order valence-corrected chi connectivity index (χ4v) is 2.88. The summed E-state index contributed by atoms with van der Waals surface area (Å²) in [6.45, 7) is 3.88. The van der Waals surface area contributed by atoms with Crippen molar-refractivity contribution in [3.05, 3.63) is 41.6 Å². The molecule has 0 aliphatic heterocycles. The Morgan fingerprint density at radius 3 is 2.28 bits per heavy atom. The van der Waals surface area contributed by atoms with Gasteiger partial charge in [0.2, 0.25) is 0 Å². The quantitative estimate of drug-likeness (QED) is 0.921. The van der Waals surface area contributed by atoms with Gasteiger partial charge in [0.15, 0.2) is 5.03 Å². The van der Waals surface area contributed by atoms with Gasteiger partial charge in [-0.3, -0.25) is 9.40 Å². The molecular formula is C12H15N3O2S. The fourth-order valence-electron chi connectivity index (χ4n) is 1.81. The number of sulfonamides is 1. The zero-order valence-corrected chi connectivity index (χ0v) is 11.3. The van der Waals surface area contributed by atoms with Crippen molar-refractivity contribution in [2.45, 2.75) is 18.9 Å². The SMILES string of the molecule is Cc1cc(C)cc(N(C)S(=O)(=O)c2ccn[nH]2)c1. The van der Waals surface area contributed by atoms with Crippen LogP contribution in [0.4, 0.5) is 5.69 Å². The molecule has 0 saturated carbocycles. The maximum absolute atomic E-state index is 12.3. The molecule has 0 fully saturated rings. The minimum Gasteiger partial charge on any atom is -0.268 e. The van der Waals surface area contributed by atoms with Crippen LogP contribution in [0.1, 0.15) is 11.1 Å². The van der Waals surface area contributed by atoms with E-state index in [-0.39, 0.29) is 5.03 Å². The molecule has 0 atom stereocenters. The summed E-state index contributed by atoms with van der Waals surface area (Å²) in [4.78, 5) is 0. The van der Waals surface area contributed by atoms with E-state index >= 15 is 0 Å². The van der Waals surface area contributed by atoms with Gasteiger partial charge in [-0.05, 0) is 43.2 Å². The van der Waals surface area contributed by atoms with Gasteiger partial charge in [0.25, 0.3) is 10.0 Å². The molecular weight excluding hydrogens is 250 g/mol. The minimum absolute atomic E-state index is 0.0872. The van der Waals surface area contributed by atoms with Crippen LogP contribution in [0.2, 0.25) is 0 Å². The molecule has 0 radical (unpaired) electrons. The largest absolute Gasteiger partial charge is 0.281 e. The Morgan fingerprint density at radius 1 is 1.17 bits per heavy atom. The first kappa shape index (κ1) is 12.6. The molecule has 1 N–H and O–H groups in total. The molecule has 1 aromatic carbocycles. The maximum atomic E-state index is 12.3. The number of benzene rings is 1. The standard InChI is InChI=1S/C12H15N3O2S/c1-9-6-10(2)8-11(7-9)15(3)18(16,17)12-4-5-13-14-12/h4-8H,1-3H3,(H,13,14). The van der Waals surface area contributed by atoms with Gasteiger partial charge >= 0.3 is 0 Å². The van der Waals surface area contributed by atoms with E-state index in [1.807, 2.05) is 32.0 Å². The smallest absolute Gasteiger partial charge is 0.268 e. The first-order chi connectivity index (χ1) is 8.41. The van der Waals surface area contributed by atoms with Crippen molar-refractivity contribution < 1.29 is 8.42 Å². The fraction of sp³-hybridized carbons (Fsp3) is 0.250. The zero-order valence-electron chi connectivity index (χ0n) is 10.5. The normalized spacial score (nSPS) is 11.5. The van der Waals surface area contributed by atoms with Crippen LogP contribution in [0.15, 0.2) is 35.5 Å². The van der Waals surface area contributed by atoms with E-state index < -0.39 is 10.0 Å². The van der Waals surface area contributed by atoms with Crippen LogP contribution in [-0.2, 0) is 10.0 Å². The van der Waals surface area contributed by atoms with Crippen LogP contribution in [0, 0.1) is 13.8 Å². The van der Waals surface area contributed by atoms with Gasteiger partial charge in [0.1, 0.15) is 0 Å². The van der Waals surface area contributed by atoms with E-state index in [0.717, 1.165) is 11.1 Å². The average molecular weight is 265 g/mol. The van der Waals surface area contributed by atoms with E-state index in [1.165, 1.54) is 23.6 Å². The van der Waals surface area contributed by atoms with Crippen LogP contribution in [0.3, 0.4) is 0 Å². The predicted octanol–water partition coefficient (Wildman–Crippen LogP) is 1.85. The third-order valence-corrected chi connectivity index (χ3v) is 4.40. The van der Waals surface area contributed by atoms with Crippen molar-refractivity contribution in [2.24, 2.45) is 0 Å². The van der Waals surface area contributed by atoms with Crippen LogP contribution in [-0.4, -0.2) is 25.7 Å². The third kappa shape index (κ3) is 2.24. The first-order valence-electron chi connectivity index (χ1n) is 5.48. The number of nitrogens with zero attached hydrogens (tertiary/aromatic N) is 2. The molecule has 5 nitrogen and oxygen atoms in total. The van der Waals surface area contributed by atoms with Crippen LogP contribution < -0.4 is 4.31 Å². The van der Waals surface area contributed by atoms with Gasteiger partial charge in [-0.15, -0.1) is 0 Å². The molecule has 96 valence electrons. The lowest BCUT2D eigenvalue weighted by Gasteiger charge is -2.19. The lowest BCUT2D eigenvalue weighted by Crippen LogP contribution is -2.27. The van der Waals surface area contributed by atoms with E-state index in [9.17, 15) is 8.42 Å². The van der Waals surface area contributed by atoms with Crippen molar-refractivity contribution >= 4 is 15.7 Å². The Kier molecular flexibility index (Phi) is 3.13. The molecule has 0 unspecified atom stereocenters. The summed E-state index contributed by atoms with van der Waals surface area (Å²) in [7, 11) is -2.03. The van der Waals surface area contributed by atoms with E-state index in [1.54, 1.807) is 0 Å². The summed E-state index contributed by atoms with van der Waals surface area (Å²) < 4.78 is 25.8. The molecule has 1 heterocycles. The predicted molar refractivity (Wildman–Crippen MR) is 70.1 cm³/mol. The van der Waals surface area contributed by atoms with Crippen molar-refractivity contribution in [2.75, 3.05) is 11.4 Å². The van der Waals surface area contributed by atoms with Gasteiger partial charge in [-0.2, -0.15) is 13.5 Å². The lowest BCUT2D eigenvalue weighted by atomic mass is 10.1. The number of aromatic nitrogens is 2. The van der Waals surface area contributed by atoms with E-state index in [0.29, 0.717) is 5.69 Å². The molecule has 2 rings (SSSR count). The number of aromatic amines is 1. The number of rotatable bonds is 3. The molecule has 18 heavy (non-hydrogen) atoms. The number of nitrogens with one attached hydrogen (secondary N) is 1. The lowest BCUT2D eigenvalue weighted by molar-refractivity contribution is 0.590. The third-order valence-electron chi connectivity index (χ3n) is 2.68. The monoisotopic (exact) mass is 265 g/mol. The molecule has 0 aliphatic carbocycles. The van der Waals surface area contributed by atoms with Crippen molar-refractivity contribution in [1.82, 2.24) is 10.2 Å². The zero-order chi connectivity index (χ0) is 13.3. The van der Waals surface area contributed by atoms with Crippen LogP contribution in [0.25, 0.3) is 0 Å². The molecule has 1 aromatic heterocycles. The van der Waals surface area contributed by atoms with Gasteiger partial charge in [0, 0.05) is 7.05 Å². The second kappa shape index (κ2) is 4.45. The Balaban J connectivity index is 2.46. The van der Waals surface area contributed by atoms with Crippen molar-refractivity contribution in [3.8, 4) is 0 Å². The Morgan fingerprint density at radius 2 is 1.78 bits per heavy atom. The second-order valence-corrected chi connectivity index (χ2v) is 6.18. The van der Waals surface area contributed by atoms with E-state index in [4.69, 9.17) is 0 Å².